The normalized spacial score (nSPS) is 23.7. The highest BCUT2D eigenvalue weighted by atomic mass is 19.1. The molecule has 1 aromatic carbocycles. The summed E-state index contributed by atoms with van der Waals surface area (Å²) in [7, 11) is 0. The van der Waals surface area contributed by atoms with Gasteiger partial charge in [-0.05, 0) is 12.1 Å². The first-order valence-electron chi connectivity index (χ1n) is 5.72. The summed E-state index contributed by atoms with van der Waals surface area (Å²) in [5, 5.41) is 13.1. The van der Waals surface area contributed by atoms with Crippen LogP contribution >= 0.6 is 0 Å². The maximum absolute atomic E-state index is 13.0. The molecule has 2 heterocycles. The number of nitrogens with zero attached hydrogens (tertiary/aromatic N) is 2. The highest BCUT2D eigenvalue weighted by Gasteiger charge is 2.27. The van der Waals surface area contributed by atoms with Gasteiger partial charge in [-0.15, -0.1) is 0 Å². The molecule has 3 rings (SSSR count). The predicted octanol–water partition coefficient (Wildman–Crippen LogP) is 0.0408. The lowest BCUT2D eigenvalue weighted by molar-refractivity contribution is 0.149. The third-order valence-electron chi connectivity index (χ3n) is 3.25. The van der Waals surface area contributed by atoms with Crippen LogP contribution in [0.5, 0.6) is 0 Å². The minimum Gasteiger partial charge on any atom is -0.390 e. The van der Waals surface area contributed by atoms with Crippen LogP contribution < -0.4 is 10.9 Å². The number of fused-ring (bicyclic) bond motifs is 1. The minimum absolute atomic E-state index is 0.257. The fraction of sp³-hybridized carbons (Fsp3) is 0.333. The van der Waals surface area contributed by atoms with Crippen LogP contribution in [0.15, 0.2) is 29.3 Å². The molecule has 0 unspecified atom stereocenters. The number of benzene rings is 1. The Balaban J connectivity index is 2.17. The molecule has 0 radical (unpaired) electrons. The first kappa shape index (κ1) is 11.3. The zero-order chi connectivity index (χ0) is 12.7. The largest absolute Gasteiger partial charge is 0.390 e. The maximum atomic E-state index is 13.0. The smallest absolute Gasteiger partial charge is 0.261 e. The van der Waals surface area contributed by atoms with Crippen LogP contribution in [-0.2, 0) is 0 Å². The van der Waals surface area contributed by atoms with E-state index >= 15 is 0 Å². The fourth-order valence-electron chi connectivity index (χ4n) is 2.28. The number of rotatable bonds is 1. The number of nitrogens with one attached hydrogen (secondary N) is 1. The van der Waals surface area contributed by atoms with Crippen LogP contribution in [0.3, 0.4) is 0 Å². The second-order valence-corrected chi connectivity index (χ2v) is 4.41. The summed E-state index contributed by atoms with van der Waals surface area (Å²) >= 11 is 0. The zero-order valence-corrected chi connectivity index (χ0v) is 9.51. The molecule has 5 nitrogen and oxygen atoms in total. The summed E-state index contributed by atoms with van der Waals surface area (Å²) in [5.74, 6) is -0.422. The van der Waals surface area contributed by atoms with Crippen LogP contribution in [0, 0.1) is 5.82 Å². The molecule has 2 aromatic rings. The van der Waals surface area contributed by atoms with E-state index < -0.39 is 11.9 Å². The lowest BCUT2D eigenvalue weighted by Crippen LogP contribution is -2.31. The average molecular weight is 249 g/mol. The Hall–Kier alpha value is -1.79. The Kier molecular flexibility index (Phi) is 2.61. The second-order valence-electron chi connectivity index (χ2n) is 4.41. The van der Waals surface area contributed by atoms with Crippen LogP contribution in [0.1, 0.15) is 6.04 Å². The van der Waals surface area contributed by atoms with Crippen LogP contribution in [0.4, 0.5) is 4.39 Å². The second kappa shape index (κ2) is 4.15. The van der Waals surface area contributed by atoms with Crippen LogP contribution in [-0.4, -0.2) is 33.9 Å². The summed E-state index contributed by atoms with van der Waals surface area (Å²) in [5.41, 5.74) is 0.0736. The van der Waals surface area contributed by atoms with Gasteiger partial charge in [-0.2, -0.15) is 0 Å². The minimum atomic E-state index is -0.609. The van der Waals surface area contributed by atoms with Gasteiger partial charge in [0.15, 0.2) is 0 Å². The van der Waals surface area contributed by atoms with Crippen LogP contribution in [0.25, 0.3) is 10.9 Å². The summed E-state index contributed by atoms with van der Waals surface area (Å²) in [6.07, 6.45) is 0.757. The quantitative estimate of drug-likeness (QED) is 0.749. The summed E-state index contributed by atoms with van der Waals surface area (Å²) in [4.78, 5) is 16.3. The van der Waals surface area contributed by atoms with Crippen molar-refractivity contribution in [2.45, 2.75) is 12.1 Å². The molecule has 6 heteroatoms. The van der Waals surface area contributed by atoms with Crippen molar-refractivity contribution >= 4 is 10.9 Å². The van der Waals surface area contributed by atoms with Crippen molar-refractivity contribution < 1.29 is 9.50 Å². The number of aliphatic hydroxyl groups is 1. The zero-order valence-electron chi connectivity index (χ0n) is 9.51. The van der Waals surface area contributed by atoms with E-state index in [1.54, 1.807) is 0 Å². The maximum Gasteiger partial charge on any atom is 0.261 e. The molecule has 18 heavy (non-hydrogen) atoms. The standard InChI is InChI=1S/C12H12FN3O2/c13-7-1-2-8-9(3-7)15-6-16(12(8)18)10-4-14-5-11(10)17/h1-3,6,10-11,14,17H,4-5H2/t10-,11-/m1/s1. The van der Waals surface area contributed by atoms with E-state index in [1.165, 1.54) is 29.1 Å². The van der Waals surface area contributed by atoms with Crippen molar-refractivity contribution in [1.82, 2.24) is 14.9 Å². The molecule has 2 atom stereocenters. The topological polar surface area (TPSA) is 67.2 Å². The molecule has 1 fully saturated rings. The summed E-state index contributed by atoms with van der Waals surface area (Å²) in [6.45, 7) is 0.980. The van der Waals surface area contributed by atoms with Gasteiger partial charge >= 0.3 is 0 Å². The molecule has 0 amide bonds. The molecule has 1 aliphatic heterocycles. The number of halogens is 1. The molecule has 2 N–H and O–H groups in total. The monoisotopic (exact) mass is 249 g/mol. The van der Waals surface area contributed by atoms with E-state index in [1.807, 2.05) is 0 Å². The van der Waals surface area contributed by atoms with Gasteiger partial charge in [0.25, 0.3) is 5.56 Å². The number of aromatic nitrogens is 2. The number of hydrogen-bond donors (Lipinski definition) is 2. The lowest BCUT2D eigenvalue weighted by atomic mass is 10.2. The molecular formula is C12H12FN3O2. The molecule has 94 valence electrons. The third kappa shape index (κ3) is 1.70. The van der Waals surface area contributed by atoms with Crippen molar-refractivity contribution in [3.63, 3.8) is 0 Å². The lowest BCUT2D eigenvalue weighted by Gasteiger charge is -2.16. The molecule has 0 bridgehead atoms. The number of hydrogen-bond acceptors (Lipinski definition) is 4. The van der Waals surface area contributed by atoms with Crippen LogP contribution in [0.2, 0.25) is 0 Å². The molecule has 1 aromatic heterocycles. The van der Waals surface area contributed by atoms with Crippen molar-refractivity contribution in [2.24, 2.45) is 0 Å². The Bertz CT molecular complexity index is 655. The van der Waals surface area contributed by atoms with Crippen molar-refractivity contribution in [2.75, 3.05) is 13.1 Å². The molecule has 1 aliphatic rings. The summed E-state index contributed by atoms with van der Waals surface area (Å²) in [6, 6.07) is 3.56. The highest BCUT2D eigenvalue weighted by molar-refractivity contribution is 5.77. The van der Waals surface area contributed by atoms with Crippen molar-refractivity contribution in [3.05, 3.63) is 40.7 Å². The van der Waals surface area contributed by atoms with Crippen molar-refractivity contribution in [1.29, 1.82) is 0 Å². The molecule has 1 saturated heterocycles. The van der Waals surface area contributed by atoms with E-state index in [2.05, 4.69) is 10.3 Å². The Morgan fingerprint density at radius 2 is 2.28 bits per heavy atom. The van der Waals surface area contributed by atoms with Crippen molar-refractivity contribution in [3.8, 4) is 0 Å². The summed E-state index contributed by atoms with van der Waals surface area (Å²) < 4.78 is 14.4. The first-order chi connectivity index (χ1) is 8.66. The van der Waals surface area contributed by atoms with E-state index in [4.69, 9.17) is 0 Å². The van der Waals surface area contributed by atoms with E-state index in [-0.39, 0.29) is 11.6 Å². The first-order valence-corrected chi connectivity index (χ1v) is 5.72. The number of aliphatic hydroxyl groups excluding tert-OH is 1. The van der Waals surface area contributed by atoms with Gasteiger partial charge in [0.05, 0.1) is 29.4 Å². The Labute approximate surface area is 102 Å². The van der Waals surface area contributed by atoms with Gasteiger partial charge in [0.2, 0.25) is 0 Å². The molecule has 0 saturated carbocycles. The van der Waals surface area contributed by atoms with Gasteiger partial charge in [-0.1, -0.05) is 0 Å². The Morgan fingerprint density at radius 1 is 1.44 bits per heavy atom. The molecule has 0 spiro atoms. The van der Waals surface area contributed by atoms with E-state index in [9.17, 15) is 14.3 Å². The third-order valence-corrected chi connectivity index (χ3v) is 3.25. The Morgan fingerprint density at radius 3 is 3.00 bits per heavy atom. The predicted molar refractivity (Wildman–Crippen MR) is 63.9 cm³/mol. The van der Waals surface area contributed by atoms with E-state index in [0.29, 0.717) is 24.0 Å². The van der Waals surface area contributed by atoms with Gasteiger partial charge in [-0.3, -0.25) is 9.36 Å². The average Bonchev–Trinajstić information content (AvgIpc) is 2.76. The van der Waals surface area contributed by atoms with Gasteiger partial charge in [-0.25, -0.2) is 9.37 Å². The fourth-order valence-corrected chi connectivity index (χ4v) is 2.28. The van der Waals surface area contributed by atoms with E-state index in [0.717, 1.165) is 0 Å². The molecule has 0 aliphatic carbocycles. The highest BCUT2D eigenvalue weighted by Crippen LogP contribution is 2.15. The van der Waals surface area contributed by atoms with Gasteiger partial charge in [0, 0.05) is 19.2 Å². The molecular weight excluding hydrogens is 237 g/mol. The number of β-amino-alcohol motifs (C(OH)–C–C–N with tert-alkyl or cyclic N) is 1. The SMILES string of the molecule is O=c1c2ccc(F)cc2ncn1[C@@H]1CNC[C@H]1O. The van der Waals surface area contributed by atoms with Gasteiger partial charge in [0.1, 0.15) is 5.82 Å². The van der Waals surface area contributed by atoms with Gasteiger partial charge < -0.3 is 10.4 Å².